The predicted molar refractivity (Wildman–Crippen MR) is 112 cm³/mol. The predicted octanol–water partition coefficient (Wildman–Crippen LogP) is 1.97. The fourth-order valence-corrected chi connectivity index (χ4v) is 3.50. The molecule has 2 rings (SSSR count). The summed E-state index contributed by atoms with van der Waals surface area (Å²) < 4.78 is 0. The Morgan fingerprint density at radius 2 is 2.11 bits per heavy atom. The maximum Gasteiger partial charge on any atom is 0.253 e. The maximum atomic E-state index is 12.1. The van der Waals surface area contributed by atoms with Gasteiger partial charge in [0.1, 0.15) is 0 Å². The molecule has 6 nitrogen and oxygen atoms in total. The normalized spacial score (nSPS) is 17.8. The van der Waals surface area contributed by atoms with E-state index < -0.39 is 0 Å². The summed E-state index contributed by atoms with van der Waals surface area (Å²) in [7, 11) is 3.56. The first kappa shape index (κ1) is 21.2. The van der Waals surface area contributed by atoms with Gasteiger partial charge < -0.3 is 15.5 Å². The zero-order valence-corrected chi connectivity index (χ0v) is 17.3. The van der Waals surface area contributed by atoms with Crippen molar-refractivity contribution in [2.24, 2.45) is 4.99 Å². The lowest BCUT2D eigenvalue weighted by atomic mass is 10.1. The van der Waals surface area contributed by atoms with Crippen molar-refractivity contribution in [2.75, 3.05) is 46.8 Å². The molecule has 0 spiro atoms. The lowest BCUT2D eigenvalue weighted by Gasteiger charge is -2.21. The van der Waals surface area contributed by atoms with Gasteiger partial charge in [-0.2, -0.15) is 0 Å². The Morgan fingerprint density at radius 1 is 1.30 bits per heavy atom. The number of hydrogen-bond acceptors (Lipinski definition) is 3. The first-order valence-corrected chi connectivity index (χ1v) is 10.1. The van der Waals surface area contributed by atoms with Gasteiger partial charge in [0.25, 0.3) is 5.91 Å². The highest BCUT2D eigenvalue weighted by molar-refractivity contribution is 5.94. The minimum absolute atomic E-state index is 0.0387. The molecule has 1 atom stereocenters. The number of carbonyl (C=O) groups is 1. The number of amides is 1. The fraction of sp³-hybridized carbons (Fsp3) is 0.619. The topological polar surface area (TPSA) is 60.0 Å². The number of guanidine groups is 1. The van der Waals surface area contributed by atoms with Gasteiger partial charge in [0, 0.05) is 38.8 Å². The SMILES string of the molecule is CCNC(=NCC1CCCN1CC)NCCc1cccc(C(=O)N(C)C)c1. The Bertz CT molecular complexity index is 629. The van der Waals surface area contributed by atoms with Gasteiger partial charge in [-0.05, 0) is 57.0 Å². The van der Waals surface area contributed by atoms with Crippen LogP contribution in [0, 0.1) is 0 Å². The van der Waals surface area contributed by atoms with Gasteiger partial charge in [-0.1, -0.05) is 19.1 Å². The van der Waals surface area contributed by atoms with E-state index in [0.29, 0.717) is 6.04 Å². The summed E-state index contributed by atoms with van der Waals surface area (Å²) in [4.78, 5) is 21.0. The van der Waals surface area contributed by atoms with Crippen molar-refractivity contribution in [3.63, 3.8) is 0 Å². The van der Waals surface area contributed by atoms with Gasteiger partial charge in [0.2, 0.25) is 0 Å². The van der Waals surface area contributed by atoms with Gasteiger partial charge in [-0.3, -0.25) is 14.7 Å². The van der Waals surface area contributed by atoms with Gasteiger partial charge >= 0.3 is 0 Å². The van der Waals surface area contributed by atoms with Crippen LogP contribution in [-0.4, -0.2) is 74.5 Å². The van der Waals surface area contributed by atoms with Crippen molar-refractivity contribution in [3.05, 3.63) is 35.4 Å². The van der Waals surface area contributed by atoms with E-state index in [1.807, 2.05) is 18.2 Å². The lowest BCUT2D eigenvalue weighted by Crippen LogP contribution is -2.40. The van der Waals surface area contributed by atoms with E-state index in [0.717, 1.165) is 49.7 Å². The Labute approximate surface area is 164 Å². The molecule has 0 aliphatic carbocycles. The molecule has 150 valence electrons. The van der Waals surface area contributed by atoms with Gasteiger partial charge in [-0.15, -0.1) is 0 Å². The number of carbonyl (C=O) groups excluding carboxylic acids is 1. The van der Waals surface area contributed by atoms with Crippen LogP contribution in [0.2, 0.25) is 0 Å². The minimum Gasteiger partial charge on any atom is -0.357 e. The summed E-state index contributed by atoms with van der Waals surface area (Å²) in [5.74, 6) is 0.915. The van der Waals surface area contributed by atoms with E-state index >= 15 is 0 Å². The number of rotatable bonds is 8. The second-order valence-corrected chi connectivity index (χ2v) is 7.22. The van der Waals surface area contributed by atoms with Gasteiger partial charge in [0.15, 0.2) is 5.96 Å². The van der Waals surface area contributed by atoms with E-state index in [4.69, 9.17) is 4.99 Å². The van der Waals surface area contributed by atoms with E-state index in [-0.39, 0.29) is 5.91 Å². The van der Waals surface area contributed by atoms with E-state index in [1.54, 1.807) is 19.0 Å². The summed E-state index contributed by atoms with van der Waals surface area (Å²) in [6.45, 7) is 9.08. The number of hydrogen-bond donors (Lipinski definition) is 2. The number of likely N-dealkylation sites (tertiary alicyclic amines) is 1. The van der Waals surface area contributed by atoms with Crippen molar-refractivity contribution < 1.29 is 4.79 Å². The van der Waals surface area contributed by atoms with Crippen LogP contribution in [0.3, 0.4) is 0 Å². The van der Waals surface area contributed by atoms with E-state index in [2.05, 4.69) is 35.4 Å². The van der Waals surface area contributed by atoms with Crippen LogP contribution in [0.1, 0.15) is 42.6 Å². The second-order valence-electron chi connectivity index (χ2n) is 7.22. The average Bonchev–Trinajstić information content (AvgIpc) is 3.13. The highest BCUT2D eigenvalue weighted by Crippen LogP contribution is 2.16. The number of aliphatic imine (C=N–C) groups is 1. The molecular formula is C21H35N5O. The second kappa shape index (κ2) is 10.9. The van der Waals surface area contributed by atoms with Crippen LogP contribution < -0.4 is 10.6 Å². The third-order valence-corrected chi connectivity index (χ3v) is 5.00. The monoisotopic (exact) mass is 373 g/mol. The Morgan fingerprint density at radius 3 is 2.81 bits per heavy atom. The Kier molecular flexibility index (Phi) is 8.58. The molecule has 1 unspecified atom stereocenters. The molecular weight excluding hydrogens is 338 g/mol. The highest BCUT2D eigenvalue weighted by atomic mass is 16.2. The molecule has 1 aromatic rings. The van der Waals surface area contributed by atoms with Crippen molar-refractivity contribution >= 4 is 11.9 Å². The minimum atomic E-state index is 0.0387. The van der Waals surface area contributed by atoms with Crippen molar-refractivity contribution in [2.45, 2.75) is 39.2 Å². The summed E-state index contributed by atoms with van der Waals surface area (Å²) in [5.41, 5.74) is 1.89. The largest absolute Gasteiger partial charge is 0.357 e. The van der Waals surface area contributed by atoms with Crippen LogP contribution in [0.25, 0.3) is 0 Å². The summed E-state index contributed by atoms with van der Waals surface area (Å²) >= 11 is 0. The van der Waals surface area contributed by atoms with Gasteiger partial charge in [-0.25, -0.2) is 0 Å². The van der Waals surface area contributed by atoms with Crippen LogP contribution in [0.4, 0.5) is 0 Å². The number of nitrogens with one attached hydrogen (secondary N) is 2. The Hall–Kier alpha value is -2.08. The molecule has 2 N–H and O–H groups in total. The first-order chi connectivity index (χ1) is 13.0. The number of benzene rings is 1. The average molecular weight is 374 g/mol. The number of nitrogens with zero attached hydrogens (tertiary/aromatic N) is 3. The molecule has 1 aliphatic rings. The zero-order valence-electron chi connectivity index (χ0n) is 17.3. The summed E-state index contributed by atoms with van der Waals surface area (Å²) in [5, 5.41) is 6.75. The lowest BCUT2D eigenvalue weighted by molar-refractivity contribution is 0.0827. The summed E-state index contributed by atoms with van der Waals surface area (Å²) in [6.07, 6.45) is 3.37. The highest BCUT2D eigenvalue weighted by Gasteiger charge is 2.22. The van der Waals surface area contributed by atoms with Crippen LogP contribution in [0.5, 0.6) is 0 Å². The van der Waals surface area contributed by atoms with Gasteiger partial charge in [0.05, 0.1) is 6.54 Å². The van der Waals surface area contributed by atoms with Crippen LogP contribution in [-0.2, 0) is 6.42 Å². The standard InChI is InChI=1S/C21H35N5O/c1-5-22-21(24-16-19-11-8-14-26(19)6-2)23-13-12-17-9-7-10-18(15-17)20(27)25(3)4/h7,9-10,15,19H,5-6,8,11-14,16H2,1-4H3,(H2,22,23,24). The molecule has 1 aromatic carbocycles. The molecule has 1 saturated heterocycles. The molecule has 0 saturated carbocycles. The molecule has 1 amide bonds. The molecule has 0 aromatic heterocycles. The van der Waals surface area contributed by atoms with Crippen LogP contribution >= 0.6 is 0 Å². The van der Waals surface area contributed by atoms with Crippen molar-refractivity contribution in [3.8, 4) is 0 Å². The van der Waals surface area contributed by atoms with Crippen molar-refractivity contribution in [1.82, 2.24) is 20.4 Å². The third-order valence-electron chi connectivity index (χ3n) is 5.00. The molecule has 1 heterocycles. The molecule has 6 heteroatoms. The van der Waals surface area contributed by atoms with Crippen LogP contribution in [0.15, 0.2) is 29.3 Å². The fourth-order valence-electron chi connectivity index (χ4n) is 3.50. The Balaban J connectivity index is 1.88. The summed E-state index contributed by atoms with van der Waals surface area (Å²) in [6, 6.07) is 8.43. The maximum absolute atomic E-state index is 12.1. The molecule has 27 heavy (non-hydrogen) atoms. The quantitative estimate of drug-likeness (QED) is 0.540. The van der Waals surface area contributed by atoms with Crippen molar-refractivity contribution in [1.29, 1.82) is 0 Å². The third kappa shape index (κ3) is 6.54. The van der Waals surface area contributed by atoms with E-state index in [1.165, 1.54) is 19.4 Å². The molecule has 1 aliphatic heterocycles. The van der Waals surface area contributed by atoms with E-state index in [9.17, 15) is 4.79 Å². The smallest absolute Gasteiger partial charge is 0.253 e. The first-order valence-electron chi connectivity index (χ1n) is 10.1. The molecule has 0 bridgehead atoms. The number of likely N-dealkylation sites (N-methyl/N-ethyl adjacent to an activating group) is 1. The molecule has 1 fully saturated rings. The molecule has 0 radical (unpaired) electrons. The zero-order chi connectivity index (χ0) is 19.6.